The Labute approximate surface area is 135 Å². The van der Waals surface area contributed by atoms with Crippen LogP contribution in [0.3, 0.4) is 0 Å². The molecule has 6 nitrogen and oxygen atoms in total. The first-order valence-corrected chi connectivity index (χ1v) is 6.85. The van der Waals surface area contributed by atoms with Gasteiger partial charge in [-0.05, 0) is 17.7 Å². The van der Waals surface area contributed by atoms with Gasteiger partial charge in [0.25, 0.3) is 5.69 Å². The van der Waals surface area contributed by atoms with E-state index in [4.69, 9.17) is 23.2 Å². The van der Waals surface area contributed by atoms with Gasteiger partial charge in [-0.25, -0.2) is 4.79 Å². The van der Waals surface area contributed by atoms with Crippen LogP contribution >= 0.6 is 23.2 Å². The van der Waals surface area contributed by atoms with Gasteiger partial charge >= 0.3 is 5.97 Å². The summed E-state index contributed by atoms with van der Waals surface area (Å²) in [5.74, 6) is -1.35. The summed E-state index contributed by atoms with van der Waals surface area (Å²) in [6.07, 6.45) is 0. The van der Waals surface area contributed by atoms with Crippen molar-refractivity contribution in [3.05, 3.63) is 67.7 Å². The quantitative estimate of drug-likeness (QED) is 0.628. The van der Waals surface area contributed by atoms with Crippen LogP contribution in [0.15, 0.2) is 36.4 Å². The smallest absolute Gasteiger partial charge is 0.339 e. The van der Waals surface area contributed by atoms with E-state index in [0.29, 0.717) is 10.6 Å². The molecule has 0 aliphatic carbocycles. The first-order valence-electron chi connectivity index (χ1n) is 6.09. The van der Waals surface area contributed by atoms with Crippen molar-refractivity contribution >= 4 is 40.5 Å². The SMILES string of the molecule is O=C(O)c1c(Cl)ccc([N+](=O)[O-])c1NCc1ccccc1Cl. The molecule has 0 saturated carbocycles. The number of halogens is 2. The summed E-state index contributed by atoms with van der Waals surface area (Å²) >= 11 is 11.9. The van der Waals surface area contributed by atoms with Crippen LogP contribution in [0.1, 0.15) is 15.9 Å². The van der Waals surface area contributed by atoms with Crippen molar-refractivity contribution in [1.82, 2.24) is 0 Å². The summed E-state index contributed by atoms with van der Waals surface area (Å²) in [5, 5.41) is 23.5. The van der Waals surface area contributed by atoms with Gasteiger partial charge in [-0.3, -0.25) is 10.1 Å². The number of hydrogen-bond acceptors (Lipinski definition) is 4. The maximum absolute atomic E-state index is 11.3. The zero-order valence-electron chi connectivity index (χ0n) is 11.0. The lowest BCUT2D eigenvalue weighted by molar-refractivity contribution is -0.384. The van der Waals surface area contributed by atoms with Gasteiger partial charge in [-0.2, -0.15) is 0 Å². The molecule has 0 spiro atoms. The second-order valence-corrected chi connectivity index (χ2v) is 5.14. The maximum Gasteiger partial charge on any atom is 0.339 e. The minimum absolute atomic E-state index is 0.0836. The summed E-state index contributed by atoms with van der Waals surface area (Å²) < 4.78 is 0. The van der Waals surface area contributed by atoms with Crippen LogP contribution in [0.5, 0.6) is 0 Å². The number of nitrogens with one attached hydrogen (secondary N) is 1. The summed E-state index contributed by atoms with van der Waals surface area (Å²) in [7, 11) is 0. The molecule has 0 heterocycles. The summed E-state index contributed by atoms with van der Waals surface area (Å²) in [6, 6.07) is 9.24. The Morgan fingerprint density at radius 1 is 1.18 bits per heavy atom. The number of carbonyl (C=O) groups is 1. The molecule has 0 atom stereocenters. The normalized spacial score (nSPS) is 10.3. The van der Waals surface area contributed by atoms with Crippen LogP contribution in [0.25, 0.3) is 0 Å². The van der Waals surface area contributed by atoms with Gasteiger partial charge < -0.3 is 10.4 Å². The van der Waals surface area contributed by atoms with Crippen molar-refractivity contribution in [2.45, 2.75) is 6.54 Å². The molecule has 2 aromatic carbocycles. The lowest BCUT2D eigenvalue weighted by atomic mass is 10.1. The largest absolute Gasteiger partial charge is 0.478 e. The highest BCUT2D eigenvalue weighted by molar-refractivity contribution is 6.34. The average Bonchev–Trinajstić information content (AvgIpc) is 2.45. The first kappa shape index (κ1) is 16.1. The molecule has 8 heteroatoms. The number of carboxylic acid groups (broad SMARTS) is 1. The van der Waals surface area contributed by atoms with Crippen molar-refractivity contribution in [2.75, 3.05) is 5.32 Å². The molecule has 2 rings (SSSR count). The Morgan fingerprint density at radius 2 is 1.86 bits per heavy atom. The standard InChI is InChI=1S/C14H10Cl2N2O4/c15-9-4-2-1-3-8(9)7-17-13-11(18(21)22)6-5-10(16)12(13)14(19)20/h1-6,17H,7H2,(H,19,20). The number of nitrogens with zero attached hydrogens (tertiary/aromatic N) is 1. The molecule has 0 aromatic heterocycles. The predicted octanol–water partition coefficient (Wildman–Crippen LogP) is 4.21. The van der Waals surface area contributed by atoms with Crippen LogP contribution in [-0.4, -0.2) is 16.0 Å². The van der Waals surface area contributed by atoms with E-state index in [1.165, 1.54) is 6.07 Å². The Balaban J connectivity index is 2.44. The highest BCUT2D eigenvalue weighted by Crippen LogP contribution is 2.34. The number of rotatable bonds is 5. The second kappa shape index (κ2) is 6.64. The fourth-order valence-corrected chi connectivity index (χ4v) is 2.37. The second-order valence-electron chi connectivity index (χ2n) is 4.32. The highest BCUT2D eigenvalue weighted by Gasteiger charge is 2.24. The van der Waals surface area contributed by atoms with Gasteiger partial charge in [0.1, 0.15) is 11.3 Å². The van der Waals surface area contributed by atoms with Crippen molar-refractivity contribution in [2.24, 2.45) is 0 Å². The van der Waals surface area contributed by atoms with Crippen LogP contribution in [0.2, 0.25) is 10.0 Å². The Bertz CT molecular complexity index is 750. The zero-order chi connectivity index (χ0) is 16.3. The molecular weight excluding hydrogens is 331 g/mol. The monoisotopic (exact) mass is 340 g/mol. The summed E-state index contributed by atoms with van der Waals surface area (Å²) in [4.78, 5) is 21.7. The minimum atomic E-state index is -1.35. The fourth-order valence-electron chi connectivity index (χ4n) is 1.93. The molecular formula is C14H10Cl2N2O4. The van der Waals surface area contributed by atoms with Crippen molar-refractivity contribution in [3.63, 3.8) is 0 Å². The van der Waals surface area contributed by atoms with E-state index in [1.807, 2.05) is 0 Å². The van der Waals surface area contributed by atoms with Gasteiger partial charge in [0.05, 0.1) is 9.95 Å². The lowest BCUT2D eigenvalue weighted by Crippen LogP contribution is -2.10. The van der Waals surface area contributed by atoms with Crippen LogP contribution in [0.4, 0.5) is 11.4 Å². The van der Waals surface area contributed by atoms with E-state index in [0.717, 1.165) is 6.07 Å². The molecule has 2 aromatic rings. The van der Waals surface area contributed by atoms with Gasteiger partial charge in [-0.1, -0.05) is 41.4 Å². The molecule has 0 amide bonds. The molecule has 2 N–H and O–H groups in total. The van der Waals surface area contributed by atoms with Gasteiger partial charge in [-0.15, -0.1) is 0 Å². The van der Waals surface area contributed by atoms with Gasteiger partial charge in [0, 0.05) is 17.6 Å². The molecule has 0 aliphatic rings. The van der Waals surface area contributed by atoms with E-state index < -0.39 is 10.9 Å². The molecule has 0 bridgehead atoms. The molecule has 0 saturated heterocycles. The summed E-state index contributed by atoms with van der Waals surface area (Å²) in [5.41, 5.74) is -0.184. The fraction of sp³-hybridized carbons (Fsp3) is 0.0714. The third kappa shape index (κ3) is 3.29. The van der Waals surface area contributed by atoms with E-state index >= 15 is 0 Å². The van der Waals surface area contributed by atoms with Crippen molar-refractivity contribution in [3.8, 4) is 0 Å². The van der Waals surface area contributed by atoms with E-state index in [1.54, 1.807) is 24.3 Å². The summed E-state index contributed by atoms with van der Waals surface area (Å²) in [6.45, 7) is 0.126. The van der Waals surface area contributed by atoms with Crippen molar-refractivity contribution < 1.29 is 14.8 Å². The maximum atomic E-state index is 11.3. The number of nitro benzene ring substituents is 1. The molecule has 0 unspecified atom stereocenters. The predicted molar refractivity (Wildman–Crippen MR) is 83.8 cm³/mol. The molecule has 114 valence electrons. The molecule has 22 heavy (non-hydrogen) atoms. The van der Waals surface area contributed by atoms with Crippen molar-refractivity contribution in [1.29, 1.82) is 0 Å². The van der Waals surface area contributed by atoms with Crippen LogP contribution in [0, 0.1) is 10.1 Å². The van der Waals surface area contributed by atoms with Gasteiger partial charge in [0.15, 0.2) is 0 Å². The average molecular weight is 341 g/mol. The molecule has 0 aliphatic heterocycles. The van der Waals surface area contributed by atoms with E-state index in [9.17, 15) is 20.0 Å². The molecule has 0 fully saturated rings. The van der Waals surface area contributed by atoms with Crippen LogP contribution < -0.4 is 5.32 Å². The number of hydrogen-bond donors (Lipinski definition) is 2. The van der Waals surface area contributed by atoms with Gasteiger partial charge in [0.2, 0.25) is 0 Å². The number of carboxylic acids is 1. The van der Waals surface area contributed by atoms with E-state index in [-0.39, 0.29) is 28.5 Å². The zero-order valence-corrected chi connectivity index (χ0v) is 12.6. The highest BCUT2D eigenvalue weighted by atomic mass is 35.5. The first-order chi connectivity index (χ1) is 10.4. The third-order valence-corrected chi connectivity index (χ3v) is 3.64. The number of aromatic carboxylic acids is 1. The number of benzene rings is 2. The third-order valence-electron chi connectivity index (χ3n) is 2.96. The Hall–Kier alpha value is -2.31. The topological polar surface area (TPSA) is 92.5 Å². The Morgan fingerprint density at radius 3 is 2.45 bits per heavy atom. The number of nitro groups is 1. The minimum Gasteiger partial charge on any atom is -0.478 e. The lowest BCUT2D eigenvalue weighted by Gasteiger charge is -2.12. The molecule has 0 radical (unpaired) electrons. The number of anilines is 1. The Kier molecular flexibility index (Phi) is 4.85. The van der Waals surface area contributed by atoms with Crippen LogP contribution in [-0.2, 0) is 6.54 Å². The van der Waals surface area contributed by atoms with E-state index in [2.05, 4.69) is 5.32 Å².